The summed E-state index contributed by atoms with van der Waals surface area (Å²) in [6.45, 7) is 0. The fraction of sp³-hybridized carbons (Fsp3) is 0. The number of amides is 2. The van der Waals surface area contributed by atoms with Gasteiger partial charge in [-0.3, -0.25) is 0 Å². The number of halogens is 4. The fourth-order valence-electron chi connectivity index (χ4n) is 1.57. The standard InChI is InChI=1S/C13H9Br2Cl2N3O/c14-8-4-7(18)5-9(15)12(8)20-13(21)19-11-3-6(16)1-2-10(11)17/h1-5H,18H2,(H2,19,20,21). The minimum atomic E-state index is -0.453. The van der Waals surface area contributed by atoms with E-state index < -0.39 is 6.03 Å². The first kappa shape index (κ1) is 16.4. The summed E-state index contributed by atoms with van der Waals surface area (Å²) in [4.78, 5) is 12.0. The molecular formula is C13H9Br2Cl2N3O. The lowest BCUT2D eigenvalue weighted by atomic mass is 10.3. The summed E-state index contributed by atoms with van der Waals surface area (Å²) in [5.74, 6) is 0. The van der Waals surface area contributed by atoms with Crippen LogP contribution in [0, 0.1) is 0 Å². The number of carbonyl (C=O) groups excluding carboxylic acids is 1. The number of nitrogens with two attached hydrogens (primary N) is 1. The topological polar surface area (TPSA) is 67.1 Å². The van der Waals surface area contributed by atoms with E-state index >= 15 is 0 Å². The van der Waals surface area contributed by atoms with Crippen molar-refractivity contribution in [3.8, 4) is 0 Å². The number of benzene rings is 2. The average molecular weight is 454 g/mol. The number of nitrogens with one attached hydrogen (secondary N) is 2. The molecule has 4 nitrogen and oxygen atoms in total. The molecule has 2 aromatic rings. The Morgan fingerprint density at radius 1 is 1.05 bits per heavy atom. The Hall–Kier alpha value is -0.950. The van der Waals surface area contributed by atoms with Crippen LogP contribution < -0.4 is 16.4 Å². The second-order valence-corrected chi connectivity index (χ2v) is 6.62. The molecule has 0 spiro atoms. The predicted molar refractivity (Wildman–Crippen MR) is 95.4 cm³/mol. The Morgan fingerprint density at radius 2 is 1.67 bits per heavy atom. The highest BCUT2D eigenvalue weighted by Crippen LogP contribution is 2.33. The Labute approximate surface area is 148 Å². The molecule has 2 aromatic carbocycles. The number of anilines is 3. The van der Waals surface area contributed by atoms with Crippen LogP contribution in [-0.2, 0) is 0 Å². The third-order valence-corrected chi connectivity index (χ3v) is 4.30. The second-order valence-electron chi connectivity index (χ2n) is 4.06. The number of nitrogen functional groups attached to an aromatic ring is 1. The molecule has 0 atom stereocenters. The van der Waals surface area contributed by atoms with E-state index in [-0.39, 0.29) is 0 Å². The van der Waals surface area contributed by atoms with Crippen LogP contribution in [0.15, 0.2) is 39.3 Å². The van der Waals surface area contributed by atoms with Crippen molar-refractivity contribution in [2.24, 2.45) is 0 Å². The van der Waals surface area contributed by atoms with Crippen molar-refractivity contribution >= 4 is 78.2 Å². The first-order chi connectivity index (χ1) is 9.86. The van der Waals surface area contributed by atoms with Crippen molar-refractivity contribution in [2.75, 3.05) is 16.4 Å². The van der Waals surface area contributed by atoms with Crippen LogP contribution in [0.4, 0.5) is 21.9 Å². The molecule has 0 heterocycles. The van der Waals surface area contributed by atoms with E-state index in [1.54, 1.807) is 30.3 Å². The van der Waals surface area contributed by atoms with Crippen molar-refractivity contribution < 1.29 is 4.79 Å². The van der Waals surface area contributed by atoms with E-state index in [1.165, 1.54) is 0 Å². The molecule has 0 bridgehead atoms. The first-order valence-electron chi connectivity index (χ1n) is 5.64. The summed E-state index contributed by atoms with van der Waals surface area (Å²) < 4.78 is 1.31. The average Bonchev–Trinajstić information content (AvgIpc) is 2.38. The Morgan fingerprint density at radius 3 is 2.29 bits per heavy atom. The monoisotopic (exact) mass is 451 g/mol. The number of rotatable bonds is 2. The number of hydrogen-bond acceptors (Lipinski definition) is 2. The van der Waals surface area contributed by atoms with Gasteiger partial charge in [0.15, 0.2) is 0 Å². The summed E-state index contributed by atoms with van der Waals surface area (Å²) in [7, 11) is 0. The van der Waals surface area contributed by atoms with Gasteiger partial charge in [0.05, 0.1) is 16.4 Å². The van der Waals surface area contributed by atoms with Gasteiger partial charge >= 0.3 is 6.03 Å². The predicted octanol–water partition coefficient (Wildman–Crippen LogP) is 5.74. The van der Waals surface area contributed by atoms with Gasteiger partial charge in [0, 0.05) is 19.7 Å². The fourth-order valence-corrected chi connectivity index (χ4v) is 3.33. The van der Waals surface area contributed by atoms with E-state index in [4.69, 9.17) is 28.9 Å². The van der Waals surface area contributed by atoms with E-state index in [0.717, 1.165) is 0 Å². The van der Waals surface area contributed by atoms with Crippen LogP contribution in [0.2, 0.25) is 10.0 Å². The van der Waals surface area contributed by atoms with Gasteiger partial charge in [-0.25, -0.2) is 4.79 Å². The molecule has 2 rings (SSSR count). The summed E-state index contributed by atoms with van der Waals surface area (Å²) >= 11 is 18.5. The van der Waals surface area contributed by atoms with E-state index in [1.807, 2.05) is 0 Å². The van der Waals surface area contributed by atoms with Gasteiger partial charge in [-0.1, -0.05) is 23.2 Å². The van der Waals surface area contributed by atoms with E-state index in [9.17, 15) is 4.79 Å². The molecule has 0 unspecified atom stereocenters. The van der Waals surface area contributed by atoms with Gasteiger partial charge in [0.2, 0.25) is 0 Å². The molecule has 0 radical (unpaired) electrons. The molecule has 0 fully saturated rings. The van der Waals surface area contributed by atoms with Crippen LogP contribution in [0.25, 0.3) is 0 Å². The molecule has 0 aliphatic heterocycles. The molecular weight excluding hydrogens is 445 g/mol. The van der Waals surface area contributed by atoms with Crippen LogP contribution in [0.5, 0.6) is 0 Å². The molecule has 2 amide bonds. The third-order valence-electron chi connectivity index (χ3n) is 2.48. The summed E-state index contributed by atoms with van der Waals surface area (Å²) in [5, 5.41) is 6.20. The normalized spacial score (nSPS) is 10.3. The zero-order chi connectivity index (χ0) is 15.6. The van der Waals surface area contributed by atoms with Crippen molar-refractivity contribution in [1.29, 1.82) is 0 Å². The second kappa shape index (κ2) is 6.87. The van der Waals surface area contributed by atoms with E-state index in [0.29, 0.717) is 36.1 Å². The SMILES string of the molecule is Nc1cc(Br)c(NC(=O)Nc2cc(Cl)ccc2Cl)c(Br)c1. The Bertz CT molecular complexity index is 687. The number of carbonyl (C=O) groups is 1. The van der Waals surface area contributed by atoms with Crippen molar-refractivity contribution in [3.05, 3.63) is 49.3 Å². The van der Waals surface area contributed by atoms with Gasteiger partial charge in [-0.05, 0) is 62.2 Å². The highest BCUT2D eigenvalue weighted by Gasteiger charge is 2.12. The highest BCUT2D eigenvalue weighted by atomic mass is 79.9. The van der Waals surface area contributed by atoms with Gasteiger partial charge in [0.25, 0.3) is 0 Å². The molecule has 21 heavy (non-hydrogen) atoms. The van der Waals surface area contributed by atoms with Gasteiger partial charge in [-0.2, -0.15) is 0 Å². The molecule has 110 valence electrons. The highest BCUT2D eigenvalue weighted by molar-refractivity contribution is 9.11. The lowest BCUT2D eigenvalue weighted by Gasteiger charge is -2.12. The zero-order valence-electron chi connectivity index (χ0n) is 10.4. The minimum absolute atomic E-state index is 0.394. The lowest BCUT2D eigenvalue weighted by molar-refractivity contribution is 0.262. The van der Waals surface area contributed by atoms with Crippen molar-refractivity contribution in [3.63, 3.8) is 0 Å². The van der Waals surface area contributed by atoms with E-state index in [2.05, 4.69) is 42.5 Å². The summed E-state index contributed by atoms with van der Waals surface area (Å²) in [5.41, 5.74) is 7.24. The van der Waals surface area contributed by atoms with Gasteiger partial charge in [-0.15, -0.1) is 0 Å². The summed E-state index contributed by atoms with van der Waals surface area (Å²) in [6.07, 6.45) is 0. The van der Waals surface area contributed by atoms with Crippen LogP contribution in [-0.4, -0.2) is 6.03 Å². The van der Waals surface area contributed by atoms with Crippen LogP contribution in [0.1, 0.15) is 0 Å². The first-order valence-corrected chi connectivity index (χ1v) is 7.98. The van der Waals surface area contributed by atoms with Crippen LogP contribution in [0.3, 0.4) is 0 Å². The maximum absolute atomic E-state index is 12.0. The maximum atomic E-state index is 12.0. The molecule has 8 heteroatoms. The molecule has 0 saturated carbocycles. The van der Waals surface area contributed by atoms with Gasteiger partial charge < -0.3 is 16.4 Å². The maximum Gasteiger partial charge on any atom is 0.323 e. The minimum Gasteiger partial charge on any atom is -0.399 e. The molecule has 0 saturated heterocycles. The number of hydrogen-bond donors (Lipinski definition) is 3. The Kier molecular flexibility index (Phi) is 5.37. The van der Waals surface area contributed by atoms with Crippen molar-refractivity contribution in [1.82, 2.24) is 0 Å². The van der Waals surface area contributed by atoms with Crippen LogP contribution >= 0.6 is 55.1 Å². The molecule has 0 aliphatic carbocycles. The van der Waals surface area contributed by atoms with Gasteiger partial charge in [0.1, 0.15) is 0 Å². The summed E-state index contributed by atoms with van der Waals surface area (Å²) in [6, 6.07) is 7.73. The Balaban J connectivity index is 2.17. The smallest absolute Gasteiger partial charge is 0.323 e. The third kappa shape index (κ3) is 4.26. The lowest BCUT2D eigenvalue weighted by Crippen LogP contribution is -2.20. The zero-order valence-corrected chi connectivity index (χ0v) is 15.1. The molecule has 0 aliphatic rings. The number of urea groups is 1. The molecule has 0 aromatic heterocycles. The quantitative estimate of drug-likeness (QED) is 0.507. The molecule has 4 N–H and O–H groups in total. The van der Waals surface area contributed by atoms with Crippen molar-refractivity contribution in [2.45, 2.75) is 0 Å². The largest absolute Gasteiger partial charge is 0.399 e.